The molecule has 8 heteroatoms. The maximum atomic E-state index is 12.6. The summed E-state index contributed by atoms with van der Waals surface area (Å²) in [6.07, 6.45) is -0.235. The lowest BCUT2D eigenvalue weighted by molar-refractivity contribution is -0.385. The zero-order chi connectivity index (χ0) is 19.4. The van der Waals surface area contributed by atoms with Crippen molar-refractivity contribution < 1.29 is 24.0 Å². The molecule has 0 N–H and O–H groups in total. The van der Waals surface area contributed by atoms with Crippen LogP contribution in [0, 0.1) is 10.1 Å². The highest BCUT2D eigenvalue weighted by molar-refractivity contribution is 5.99. The van der Waals surface area contributed by atoms with E-state index in [1.165, 1.54) is 25.1 Å². The third-order valence-corrected chi connectivity index (χ3v) is 4.22. The van der Waals surface area contributed by atoms with E-state index in [0.29, 0.717) is 6.54 Å². The van der Waals surface area contributed by atoms with Gasteiger partial charge >= 0.3 is 11.7 Å². The maximum Gasteiger partial charge on any atom is 0.344 e. The molecule has 0 bridgehead atoms. The first-order valence-corrected chi connectivity index (χ1v) is 8.42. The zero-order valence-electron chi connectivity index (χ0n) is 14.7. The van der Waals surface area contributed by atoms with E-state index in [1.807, 2.05) is 24.3 Å². The number of carbonyl (C=O) groups is 2. The van der Waals surface area contributed by atoms with Crippen LogP contribution in [0.5, 0.6) is 5.75 Å². The minimum Gasteiger partial charge on any atom is -0.475 e. The van der Waals surface area contributed by atoms with Crippen LogP contribution in [0.15, 0.2) is 48.5 Å². The van der Waals surface area contributed by atoms with Crippen LogP contribution in [0.4, 0.5) is 11.4 Å². The summed E-state index contributed by atoms with van der Waals surface area (Å²) in [4.78, 5) is 36.5. The number of nitro groups is 1. The molecule has 1 heterocycles. The fourth-order valence-electron chi connectivity index (χ4n) is 2.93. The molecule has 140 valence electrons. The second-order valence-electron chi connectivity index (χ2n) is 6.01. The van der Waals surface area contributed by atoms with Gasteiger partial charge in [-0.3, -0.25) is 14.9 Å². The van der Waals surface area contributed by atoms with Gasteiger partial charge in [-0.2, -0.15) is 0 Å². The number of anilines is 1. The van der Waals surface area contributed by atoms with Crippen molar-refractivity contribution in [1.29, 1.82) is 0 Å². The number of carbonyl (C=O) groups excluding carboxylic acids is 2. The number of nitrogens with zero attached hydrogens (tertiary/aromatic N) is 2. The number of benzene rings is 2. The first-order chi connectivity index (χ1) is 13.0. The molecule has 0 aromatic heterocycles. The number of amides is 1. The van der Waals surface area contributed by atoms with Crippen molar-refractivity contribution in [1.82, 2.24) is 0 Å². The van der Waals surface area contributed by atoms with E-state index in [2.05, 4.69) is 0 Å². The van der Waals surface area contributed by atoms with Gasteiger partial charge in [0.25, 0.3) is 5.91 Å². The minimum absolute atomic E-state index is 0.0353. The Morgan fingerprint density at radius 2 is 1.89 bits per heavy atom. The van der Waals surface area contributed by atoms with Crippen LogP contribution in [0.2, 0.25) is 0 Å². The van der Waals surface area contributed by atoms with Crippen LogP contribution in [0.3, 0.4) is 0 Å². The molecule has 8 nitrogen and oxygen atoms in total. The molecule has 1 atom stereocenters. The molecule has 1 amide bonds. The van der Waals surface area contributed by atoms with Gasteiger partial charge < -0.3 is 14.4 Å². The van der Waals surface area contributed by atoms with Gasteiger partial charge in [0, 0.05) is 18.3 Å². The summed E-state index contributed by atoms with van der Waals surface area (Å²) in [6.45, 7) is 1.50. The normalized spacial score (nSPS) is 13.6. The van der Waals surface area contributed by atoms with Gasteiger partial charge in [-0.05, 0) is 31.0 Å². The average molecular weight is 370 g/mol. The molecule has 0 saturated heterocycles. The van der Waals surface area contributed by atoms with Gasteiger partial charge in [0.2, 0.25) is 0 Å². The van der Waals surface area contributed by atoms with E-state index in [4.69, 9.17) is 9.47 Å². The summed E-state index contributed by atoms with van der Waals surface area (Å²) in [5.74, 6) is -1.13. The molecule has 2 aromatic carbocycles. The third-order valence-electron chi connectivity index (χ3n) is 4.22. The molecule has 0 aliphatic carbocycles. The number of esters is 1. The van der Waals surface area contributed by atoms with E-state index in [0.717, 1.165) is 17.7 Å². The monoisotopic (exact) mass is 370 g/mol. The number of hydrogen-bond donors (Lipinski definition) is 0. The fourth-order valence-corrected chi connectivity index (χ4v) is 2.93. The van der Waals surface area contributed by atoms with Gasteiger partial charge in [-0.25, -0.2) is 4.79 Å². The lowest BCUT2D eigenvalue weighted by Gasteiger charge is -2.21. The smallest absolute Gasteiger partial charge is 0.344 e. The van der Waals surface area contributed by atoms with Crippen LogP contribution < -0.4 is 9.64 Å². The van der Waals surface area contributed by atoms with Crippen molar-refractivity contribution in [3.63, 3.8) is 0 Å². The minimum atomic E-state index is -0.988. The summed E-state index contributed by atoms with van der Waals surface area (Å²) in [5, 5.41) is 10.9. The number of fused-ring (bicyclic) bond motifs is 1. The summed E-state index contributed by atoms with van der Waals surface area (Å²) in [7, 11) is 0. The van der Waals surface area contributed by atoms with Crippen molar-refractivity contribution in [2.45, 2.75) is 19.4 Å². The molecule has 0 spiro atoms. The number of nitro benzene ring substituents is 1. The number of hydrogen-bond acceptors (Lipinski definition) is 6. The van der Waals surface area contributed by atoms with E-state index < -0.39 is 23.6 Å². The van der Waals surface area contributed by atoms with Crippen molar-refractivity contribution in [3.05, 3.63) is 64.2 Å². The lowest BCUT2D eigenvalue weighted by Crippen LogP contribution is -2.39. The van der Waals surface area contributed by atoms with Gasteiger partial charge in [-0.15, -0.1) is 0 Å². The summed E-state index contributed by atoms with van der Waals surface area (Å²) < 4.78 is 10.3. The summed E-state index contributed by atoms with van der Waals surface area (Å²) in [5.41, 5.74) is 1.65. The number of rotatable bonds is 6. The van der Waals surface area contributed by atoms with Crippen molar-refractivity contribution >= 4 is 23.3 Å². The highest BCUT2D eigenvalue weighted by Crippen LogP contribution is 2.28. The Balaban J connectivity index is 1.57. The first-order valence-electron chi connectivity index (χ1n) is 8.42. The maximum absolute atomic E-state index is 12.6. The molecule has 0 radical (unpaired) electrons. The molecule has 0 unspecified atom stereocenters. The number of ether oxygens (including phenoxy) is 2. The first kappa shape index (κ1) is 18.4. The van der Waals surface area contributed by atoms with Crippen LogP contribution in [-0.2, 0) is 20.7 Å². The third kappa shape index (κ3) is 4.05. The Morgan fingerprint density at radius 3 is 2.67 bits per heavy atom. The van der Waals surface area contributed by atoms with E-state index in [-0.39, 0.29) is 17.3 Å². The predicted octanol–water partition coefficient (Wildman–Crippen LogP) is 2.49. The molecule has 1 aliphatic heterocycles. The van der Waals surface area contributed by atoms with E-state index in [1.54, 1.807) is 11.0 Å². The van der Waals surface area contributed by atoms with Gasteiger partial charge in [0.05, 0.1) is 4.92 Å². The van der Waals surface area contributed by atoms with E-state index >= 15 is 0 Å². The summed E-state index contributed by atoms with van der Waals surface area (Å²) >= 11 is 0. The highest BCUT2D eigenvalue weighted by Gasteiger charge is 2.29. The molecule has 0 saturated carbocycles. The Kier molecular flexibility index (Phi) is 5.35. The van der Waals surface area contributed by atoms with Gasteiger partial charge in [0.1, 0.15) is 0 Å². The zero-order valence-corrected chi connectivity index (χ0v) is 14.7. The Bertz CT molecular complexity index is 882. The van der Waals surface area contributed by atoms with Gasteiger partial charge in [0.15, 0.2) is 18.5 Å². The van der Waals surface area contributed by atoms with Gasteiger partial charge in [-0.1, -0.05) is 30.3 Å². The van der Waals surface area contributed by atoms with Crippen LogP contribution >= 0.6 is 0 Å². The average Bonchev–Trinajstić information content (AvgIpc) is 3.10. The van der Waals surface area contributed by atoms with Crippen LogP contribution in [-0.4, -0.2) is 36.1 Å². The SMILES string of the molecule is C[C@H](OC(=O)COc1ccccc1[N+](=O)[O-])C(=O)N1CCc2ccccc21. The second-order valence-corrected chi connectivity index (χ2v) is 6.01. The van der Waals surface area contributed by atoms with Crippen molar-refractivity contribution in [3.8, 4) is 5.75 Å². The molecular formula is C19H18N2O6. The largest absolute Gasteiger partial charge is 0.475 e. The Morgan fingerprint density at radius 1 is 1.19 bits per heavy atom. The fraction of sp³-hybridized carbons (Fsp3) is 0.263. The van der Waals surface area contributed by atoms with E-state index in [9.17, 15) is 19.7 Å². The van der Waals surface area contributed by atoms with Crippen LogP contribution in [0.1, 0.15) is 12.5 Å². The lowest BCUT2D eigenvalue weighted by atomic mass is 10.2. The predicted molar refractivity (Wildman–Crippen MR) is 96.6 cm³/mol. The molecule has 27 heavy (non-hydrogen) atoms. The molecule has 1 aliphatic rings. The molecule has 3 rings (SSSR count). The topological polar surface area (TPSA) is 99.0 Å². The molecular weight excluding hydrogens is 352 g/mol. The van der Waals surface area contributed by atoms with Crippen molar-refractivity contribution in [2.75, 3.05) is 18.1 Å². The van der Waals surface area contributed by atoms with Crippen LogP contribution in [0.25, 0.3) is 0 Å². The summed E-state index contributed by atoms with van der Waals surface area (Å²) in [6, 6.07) is 13.3. The quantitative estimate of drug-likeness (QED) is 0.440. The molecule has 2 aromatic rings. The Hall–Kier alpha value is -3.42. The number of para-hydroxylation sites is 3. The Labute approximate surface area is 155 Å². The standard InChI is InChI=1S/C19H18N2O6/c1-13(19(23)20-11-10-14-6-2-3-7-15(14)20)27-18(22)12-26-17-9-5-4-8-16(17)21(24)25/h2-9,13H,10-12H2,1H3/t13-/m0/s1. The highest BCUT2D eigenvalue weighted by atomic mass is 16.6. The molecule has 0 fully saturated rings. The second kappa shape index (κ2) is 7.86. The van der Waals surface area contributed by atoms with Crippen molar-refractivity contribution in [2.24, 2.45) is 0 Å².